The molecule has 0 radical (unpaired) electrons. The third kappa shape index (κ3) is 3.39. The van der Waals surface area contributed by atoms with Gasteiger partial charge in [-0.2, -0.15) is 11.8 Å². The van der Waals surface area contributed by atoms with Gasteiger partial charge in [0.25, 0.3) is 0 Å². The van der Waals surface area contributed by atoms with Crippen molar-refractivity contribution in [2.24, 2.45) is 5.73 Å². The van der Waals surface area contributed by atoms with Crippen LogP contribution in [0.25, 0.3) is 0 Å². The summed E-state index contributed by atoms with van der Waals surface area (Å²) >= 11 is 1.75. The van der Waals surface area contributed by atoms with E-state index in [1.165, 1.54) is 19.4 Å². The van der Waals surface area contributed by atoms with Gasteiger partial charge < -0.3 is 10.6 Å². The van der Waals surface area contributed by atoms with Crippen molar-refractivity contribution in [3.8, 4) is 0 Å². The highest BCUT2D eigenvalue weighted by Crippen LogP contribution is 2.21. The zero-order valence-corrected chi connectivity index (χ0v) is 12.1. The zero-order chi connectivity index (χ0) is 13.0. The first-order chi connectivity index (χ1) is 8.72. The molecular weight excluding hydrogens is 246 g/mol. The molecule has 2 aliphatic rings. The summed E-state index contributed by atoms with van der Waals surface area (Å²) in [4.78, 5) is 16.9. The van der Waals surface area contributed by atoms with E-state index in [4.69, 9.17) is 5.73 Å². The number of rotatable bonds is 4. The molecule has 0 aromatic rings. The van der Waals surface area contributed by atoms with Gasteiger partial charge in [-0.15, -0.1) is 0 Å². The molecule has 0 aromatic carbocycles. The number of carbonyl (C=O) groups is 1. The summed E-state index contributed by atoms with van der Waals surface area (Å²) in [7, 11) is 0. The van der Waals surface area contributed by atoms with Crippen molar-refractivity contribution < 1.29 is 4.79 Å². The summed E-state index contributed by atoms with van der Waals surface area (Å²) in [5.74, 6) is 1.13. The molecule has 1 amide bonds. The van der Waals surface area contributed by atoms with Crippen LogP contribution in [0.3, 0.4) is 0 Å². The van der Waals surface area contributed by atoms with E-state index in [1.807, 2.05) is 4.90 Å². The van der Waals surface area contributed by atoms with Crippen molar-refractivity contribution in [2.75, 3.05) is 38.2 Å². The molecule has 1 unspecified atom stereocenters. The lowest BCUT2D eigenvalue weighted by atomic mass is 10.1. The summed E-state index contributed by atoms with van der Waals surface area (Å²) in [6.07, 6.45) is 6.47. The summed E-state index contributed by atoms with van der Waals surface area (Å²) in [6.45, 7) is 4.14. The summed E-state index contributed by atoms with van der Waals surface area (Å²) in [6, 6.07) is 0.287. The summed E-state index contributed by atoms with van der Waals surface area (Å²) < 4.78 is 0. The minimum absolute atomic E-state index is 0.165. The number of thioether (sulfide) groups is 1. The van der Waals surface area contributed by atoms with Gasteiger partial charge in [0.2, 0.25) is 5.91 Å². The van der Waals surface area contributed by atoms with E-state index < -0.39 is 0 Å². The molecule has 2 fully saturated rings. The van der Waals surface area contributed by atoms with Gasteiger partial charge in [0.15, 0.2) is 0 Å². The first-order valence-corrected chi connectivity index (χ1v) is 8.39. The number of hydrogen-bond donors (Lipinski definition) is 1. The molecule has 2 saturated heterocycles. The zero-order valence-electron chi connectivity index (χ0n) is 11.3. The lowest BCUT2D eigenvalue weighted by molar-refractivity contribution is -0.132. The lowest BCUT2D eigenvalue weighted by Crippen LogP contribution is -2.47. The maximum absolute atomic E-state index is 12.3. The summed E-state index contributed by atoms with van der Waals surface area (Å²) in [5.41, 5.74) is 6.00. The Morgan fingerprint density at radius 2 is 2.17 bits per heavy atom. The molecule has 0 spiro atoms. The molecular formula is C13H25N3OS. The Morgan fingerprint density at radius 1 is 1.39 bits per heavy atom. The first-order valence-electron chi connectivity index (χ1n) is 6.99. The van der Waals surface area contributed by atoms with E-state index in [1.54, 1.807) is 11.8 Å². The molecule has 18 heavy (non-hydrogen) atoms. The van der Waals surface area contributed by atoms with E-state index >= 15 is 0 Å². The van der Waals surface area contributed by atoms with E-state index in [9.17, 15) is 4.79 Å². The van der Waals surface area contributed by atoms with E-state index in [0.717, 1.165) is 38.2 Å². The molecule has 4 nitrogen and oxygen atoms in total. The van der Waals surface area contributed by atoms with Crippen molar-refractivity contribution in [3.05, 3.63) is 0 Å². The van der Waals surface area contributed by atoms with Crippen LogP contribution in [0, 0.1) is 0 Å². The van der Waals surface area contributed by atoms with Gasteiger partial charge in [0.1, 0.15) is 0 Å². The SMILES string of the molecule is CSCC[C@@H](N)C(=O)N1CCCN2CCCC2C1. The highest BCUT2D eigenvalue weighted by atomic mass is 32.2. The van der Waals surface area contributed by atoms with Crippen LogP contribution in [-0.4, -0.2) is 66.0 Å². The van der Waals surface area contributed by atoms with Crippen LogP contribution in [0.1, 0.15) is 25.7 Å². The number of carbonyl (C=O) groups excluding carboxylic acids is 1. The van der Waals surface area contributed by atoms with Gasteiger partial charge >= 0.3 is 0 Å². The van der Waals surface area contributed by atoms with Crippen LogP contribution in [-0.2, 0) is 4.79 Å². The Morgan fingerprint density at radius 3 is 2.94 bits per heavy atom. The predicted octanol–water partition coefficient (Wildman–Crippen LogP) is 0.764. The van der Waals surface area contributed by atoms with Gasteiger partial charge in [-0.25, -0.2) is 0 Å². The molecule has 2 N–H and O–H groups in total. The second-order valence-electron chi connectivity index (χ2n) is 5.36. The van der Waals surface area contributed by atoms with Gasteiger partial charge in [-0.3, -0.25) is 9.69 Å². The standard InChI is InChI=1S/C13H25N3OS/c1-18-9-5-12(14)13(17)16-8-3-7-15-6-2-4-11(15)10-16/h11-12H,2-10,14H2,1H3/t11?,12-/m1/s1. The Bertz CT molecular complexity index is 287. The van der Waals surface area contributed by atoms with E-state index in [-0.39, 0.29) is 11.9 Å². The van der Waals surface area contributed by atoms with Crippen molar-refractivity contribution in [2.45, 2.75) is 37.8 Å². The largest absolute Gasteiger partial charge is 0.340 e. The Kier molecular flexibility index (Phi) is 5.33. The molecule has 0 aliphatic carbocycles. The average Bonchev–Trinajstić information content (AvgIpc) is 2.72. The van der Waals surface area contributed by atoms with Crippen LogP contribution in [0.2, 0.25) is 0 Å². The number of fused-ring (bicyclic) bond motifs is 1. The Balaban J connectivity index is 1.89. The molecule has 0 aromatic heterocycles. The van der Waals surface area contributed by atoms with Crippen LogP contribution in [0.5, 0.6) is 0 Å². The highest BCUT2D eigenvalue weighted by Gasteiger charge is 2.31. The molecule has 2 heterocycles. The molecule has 2 atom stereocenters. The van der Waals surface area contributed by atoms with Crippen molar-refractivity contribution in [1.82, 2.24) is 9.80 Å². The van der Waals surface area contributed by atoms with Crippen molar-refractivity contribution in [3.63, 3.8) is 0 Å². The Hall–Kier alpha value is -0.260. The smallest absolute Gasteiger partial charge is 0.239 e. The van der Waals surface area contributed by atoms with Crippen LogP contribution in [0.4, 0.5) is 0 Å². The number of nitrogens with zero attached hydrogens (tertiary/aromatic N) is 2. The van der Waals surface area contributed by atoms with Gasteiger partial charge in [0.05, 0.1) is 6.04 Å². The molecule has 5 heteroatoms. The van der Waals surface area contributed by atoms with Gasteiger partial charge in [-0.05, 0) is 44.2 Å². The quantitative estimate of drug-likeness (QED) is 0.820. The molecule has 104 valence electrons. The second-order valence-corrected chi connectivity index (χ2v) is 6.34. The predicted molar refractivity (Wildman–Crippen MR) is 76.8 cm³/mol. The molecule has 0 bridgehead atoms. The number of amides is 1. The minimum atomic E-state index is -0.301. The third-order valence-electron chi connectivity index (χ3n) is 4.07. The number of hydrogen-bond acceptors (Lipinski definition) is 4. The fourth-order valence-corrected chi connectivity index (χ4v) is 3.50. The van der Waals surface area contributed by atoms with Crippen molar-refractivity contribution in [1.29, 1.82) is 0 Å². The lowest BCUT2D eigenvalue weighted by Gasteiger charge is -2.27. The first kappa shape index (κ1) is 14.2. The molecule has 2 rings (SSSR count). The highest BCUT2D eigenvalue weighted by molar-refractivity contribution is 7.98. The second kappa shape index (κ2) is 6.78. The van der Waals surface area contributed by atoms with E-state index in [0.29, 0.717) is 6.04 Å². The number of nitrogens with two attached hydrogens (primary N) is 1. The van der Waals surface area contributed by atoms with Gasteiger partial charge in [-0.1, -0.05) is 0 Å². The topological polar surface area (TPSA) is 49.6 Å². The fourth-order valence-electron chi connectivity index (χ4n) is 3.01. The van der Waals surface area contributed by atoms with Gasteiger partial charge in [0, 0.05) is 25.7 Å². The van der Waals surface area contributed by atoms with Crippen LogP contribution in [0.15, 0.2) is 0 Å². The van der Waals surface area contributed by atoms with E-state index in [2.05, 4.69) is 11.2 Å². The third-order valence-corrected chi connectivity index (χ3v) is 4.71. The maximum atomic E-state index is 12.3. The summed E-state index contributed by atoms with van der Waals surface area (Å²) in [5, 5.41) is 0. The van der Waals surface area contributed by atoms with Crippen LogP contribution >= 0.6 is 11.8 Å². The fraction of sp³-hybridized carbons (Fsp3) is 0.923. The monoisotopic (exact) mass is 271 g/mol. The minimum Gasteiger partial charge on any atom is -0.340 e. The Labute approximate surface area is 114 Å². The normalized spacial score (nSPS) is 26.8. The average molecular weight is 271 g/mol. The van der Waals surface area contributed by atoms with Crippen LogP contribution < -0.4 is 5.73 Å². The molecule has 2 aliphatic heterocycles. The maximum Gasteiger partial charge on any atom is 0.239 e. The molecule has 0 saturated carbocycles. The van der Waals surface area contributed by atoms with Crippen molar-refractivity contribution >= 4 is 17.7 Å².